The van der Waals surface area contributed by atoms with E-state index in [0.29, 0.717) is 17.1 Å². The first-order chi connectivity index (χ1) is 53.2. The summed E-state index contributed by atoms with van der Waals surface area (Å²) in [5.74, 6) is -3.89. The smallest absolute Gasteiger partial charge is 0.314 e. The van der Waals surface area contributed by atoms with Crippen LogP contribution in [0, 0.1) is 17.8 Å². The summed E-state index contributed by atoms with van der Waals surface area (Å²) in [4.78, 5) is 57.7. The van der Waals surface area contributed by atoms with Gasteiger partial charge in [0.15, 0.2) is 0 Å². The highest BCUT2D eigenvalue weighted by atomic mass is 16.5. The fourth-order valence-electron chi connectivity index (χ4n) is 15.4. The van der Waals surface area contributed by atoms with Crippen molar-refractivity contribution < 1.29 is 41.8 Å². The van der Waals surface area contributed by atoms with Gasteiger partial charge in [-0.25, -0.2) is 0 Å². The monoisotopic (exact) mass is 1400 g/mol. The number of hydrogen-bond acceptors (Lipinski definition) is 12. The van der Waals surface area contributed by atoms with Crippen molar-refractivity contribution in [1.82, 2.24) is 15.0 Å². The molecule has 0 unspecified atom stereocenters. The summed E-state index contributed by atoms with van der Waals surface area (Å²) in [5, 5.41) is 6.50. The van der Waals surface area contributed by atoms with Gasteiger partial charge in [-0.15, -0.1) is 0 Å². The van der Waals surface area contributed by atoms with E-state index in [1.165, 1.54) is 18.6 Å². The highest BCUT2D eigenvalue weighted by Crippen LogP contribution is 2.43. The molecular weight excluding hydrogens is 1340 g/mol. The SMILES string of the molecule is O=C(Oc1ccc(-c2cccc(-c3ccc(-c4cccc5c4oc4ccccc45)cc3)c2)nc1)C1CC(C(=O)Oc2ccc(-c3cccc(-c4ccc(-c5cccc6c5oc5ccccc56)cc4)c3)nc2)CC(C(=O)Oc2ccc(-c3cccc(-c4ccc(-c5cccc6c5oc5ccccc56)cc4)c3)nc2)C1. The Labute approximate surface area is 619 Å². The molecule has 108 heavy (non-hydrogen) atoms. The van der Waals surface area contributed by atoms with Crippen molar-refractivity contribution in [3.05, 3.63) is 328 Å². The van der Waals surface area contributed by atoms with Crippen LogP contribution in [-0.2, 0) is 14.4 Å². The molecule has 6 heterocycles. The summed E-state index contributed by atoms with van der Waals surface area (Å²) in [6.45, 7) is 0. The summed E-state index contributed by atoms with van der Waals surface area (Å²) in [5.41, 5.74) is 22.1. The van der Waals surface area contributed by atoms with Gasteiger partial charge in [0.05, 0.1) is 53.4 Å². The molecule has 1 aliphatic carbocycles. The zero-order valence-electron chi connectivity index (χ0n) is 58.0. The molecule has 1 saturated carbocycles. The number of aromatic nitrogens is 3. The fourth-order valence-corrected chi connectivity index (χ4v) is 15.4. The molecule has 6 aromatic heterocycles. The summed E-state index contributed by atoms with van der Waals surface area (Å²) in [6, 6.07) is 103. The first-order valence-corrected chi connectivity index (χ1v) is 36.1. The maximum Gasteiger partial charge on any atom is 0.314 e. The quantitative estimate of drug-likeness (QED) is 0.0896. The number of hydrogen-bond donors (Lipinski definition) is 0. The topological polar surface area (TPSA) is 157 Å². The van der Waals surface area contributed by atoms with E-state index in [1.807, 2.05) is 91.0 Å². The predicted octanol–water partition coefficient (Wildman–Crippen LogP) is 23.7. The Balaban J connectivity index is 0.541. The van der Waals surface area contributed by atoms with Crippen LogP contribution >= 0.6 is 0 Å². The van der Waals surface area contributed by atoms with Crippen molar-refractivity contribution in [1.29, 1.82) is 0 Å². The minimum absolute atomic E-state index is 0.0592. The third kappa shape index (κ3) is 12.5. The van der Waals surface area contributed by atoms with Crippen LogP contribution in [0.4, 0.5) is 0 Å². The molecule has 0 radical (unpaired) electrons. The lowest BCUT2D eigenvalue weighted by Crippen LogP contribution is -2.39. The van der Waals surface area contributed by atoms with Crippen molar-refractivity contribution in [3.63, 3.8) is 0 Å². The first kappa shape index (κ1) is 64.7. The van der Waals surface area contributed by atoms with Crippen LogP contribution in [0.5, 0.6) is 17.2 Å². The zero-order chi connectivity index (χ0) is 72.2. The van der Waals surface area contributed by atoms with E-state index in [4.69, 9.17) is 42.4 Å². The minimum Gasteiger partial charge on any atom is -0.455 e. The number of benzene rings is 12. The number of esters is 3. The van der Waals surface area contributed by atoms with Crippen molar-refractivity contribution >= 4 is 83.7 Å². The molecule has 12 nitrogen and oxygen atoms in total. The molecule has 1 aliphatic rings. The normalized spacial score (nSPS) is 14.4. The van der Waals surface area contributed by atoms with Gasteiger partial charge < -0.3 is 27.5 Å². The average molecular weight is 1400 g/mol. The van der Waals surface area contributed by atoms with Gasteiger partial charge in [-0.05, 0) is 142 Å². The van der Waals surface area contributed by atoms with Gasteiger partial charge in [-0.2, -0.15) is 0 Å². The molecular formula is C96H63N3O9. The summed E-state index contributed by atoms with van der Waals surface area (Å²) in [7, 11) is 0. The third-order valence-corrected chi connectivity index (χ3v) is 20.8. The molecule has 0 amide bonds. The van der Waals surface area contributed by atoms with Crippen molar-refractivity contribution in [3.8, 4) is 118 Å². The van der Waals surface area contributed by atoms with Crippen molar-refractivity contribution in [2.45, 2.75) is 19.3 Å². The molecule has 0 saturated heterocycles. The lowest BCUT2D eigenvalue weighted by atomic mass is 9.75. The maximum atomic E-state index is 14.5. The number of carbonyl (C=O) groups excluding carboxylic acids is 3. The minimum atomic E-state index is -0.895. The molecule has 0 atom stereocenters. The Kier molecular flexibility index (Phi) is 16.5. The van der Waals surface area contributed by atoms with E-state index in [1.54, 1.807) is 36.4 Å². The van der Waals surface area contributed by atoms with Gasteiger partial charge in [0.1, 0.15) is 50.7 Å². The van der Waals surface area contributed by atoms with Crippen LogP contribution < -0.4 is 14.2 Å². The van der Waals surface area contributed by atoms with Gasteiger partial charge >= 0.3 is 17.9 Å². The molecule has 12 heteroatoms. The van der Waals surface area contributed by atoms with Gasteiger partial charge in [-0.3, -0.25) is 29.3 Å². The second-order valence-electron chi connectivity index (χ2n) is 27.5. The largest absolute Gasteiger partial charge is 0.455 e. The van der Waals surface area contributed by atoms with E-state index in [9.17, 15) is 14.4 Å². The van der Waals surface area contributed by atoms with Crippen LogP contribution in [0.25, 0.3) is 166 Å². The molecule has 18 aromatic rings. The molecule has 1 fully saturated rings. The molecule has 516 valence electrons. The fraction of sp³-hybridized carbons (Fsp3) is 0.0625. The number of rotatable bonds is 15. The summed E-state index contributed by atoms with van der Waals surface area (Å²) in [6.07, 6.45) is 4.72. The molecule has 0 spiro atoms. The van der Waals surface area contributed by atoms with Crippen molar-refractivity contribution in [2.24, 2.45) is 17.8 Å². The van der Waals surface area contributed by atoms with Crippen LogP contribution in [0.15, 0.2) is 341 Å². The Morgan fingerprint density at radius 1 is 0.250 bits per heavy atom. The first-order valence-electron chi connectivity index (χ1n) is 36.1. The van der Waals surface area contributed by atoms with E-state index >= 15 is 0 Å². The number of furan rings is 3. The number of ether oxygens (including phenoxy) is 3. The number of para-hydroxylation sites is 6. The second kappa shape index (κ2) is 27.5. The maximum absolute atomic E-state index is 14.5. The van der Waals surface area contributed by atoms with Gasteiger partial charge in [0, 0.05) is 65.7 Å². The lowest BCUT2D eigenvalue weighted by Gasteiger charge is -2.31. The second-order valence-corrected chi connectivity index (χ2v) is 27.5. The zero-order valence-corrected chi connectivity index (χ0v) is 58.0. The molecule has 19 rings (SSSR count). The van der Waals surface area contributed by atoms with E-state index in [-0.39, 0.29) is 36.5 Å². The van der Waals surface area contributed by atoms with Crippen LogP contribution in [0.3, 0.4) is 0 Å². The molecule has 0 bridgehead atoms. The summed E-state index contributed by atoms with van der Waals surface area (Å²) >= 11 is 0. The predicted molar refractivity (Wildman–Crippen MR) is 425 cm³/mol. The van der Waals surface area contributed by atoms with Crippen LogP contribution in [-0.4, -0.2) is 32.9 Å². The third-order valence-electron chi connectivity index (χ3n) is 20.8. The molecule has 0 aliphatic heterocycles. The number of fused-ring (bicyclic) bond motifs is 9. The number of nitrogens with zero attached hydrogens (tertiary/aromatic N) is 3. The van der Waals surface area contributed by atoms with E-state index in [0.717, 1.165) is 149 Å². The Morgan fingerprint density at radius 3 is 0.796 bits per heavy atom. The molecule has 0 N–H and O–H groups in total. The summed E-state index contributed by atoms with van der Waals surface area (Å²) < 4.78 is 37.2. The van der Waals surface area contributed by atoms with Crippen molar-refractivity contribution in [2.75, 3.05) is 0 Å². The average Bonchev–Trinajstić information content (AvgIpc) is 1.62. The number of carbonyl (C=O) groups is 3. The van der Waals surface area contributed by atoms with E-state index < -0.39 is 35.7 Å². The number of pyridine rings is 3. The Morgan fingerprint density at radius 2 is 0.509 bits per heavy atom. The standard InChI is InChI=1S/C96H63N3O9/c100-94(103-73-43-46-85(97-55-73)67-16-7-13-64(49-67)58-31-37-61(38-32-58)76-22-10-25-82-79-19-1-4-28-88(79)106-91(76)82)70-52-71(95(101)104-74-44-47-86(98-56-74)68-17-8-14-65(50-68)59-33-39-62(40-34-59)77-23-11-26-83-80-20-2-5-29-89(80)107-92(77)83)54-72(53-70)96(102)105-75-45-48-87(99-57-75)69-18-9-15-66(51-69)60-35-41-63(42-36-60)78-24-12-27-84-81-21-3-6-30-90(81)108-93(78)84/h1-51,55-57,70-72H,52-54H2. The van der Waals surface area contributed by atoms with E-state index in [2.05, 4.69) is 182 Å². The lowest BCUT2D eigenvalue weighted by molar-refractivity contribution is -0.150. The highest BCUT2D eigenvalue weighted by molar-refractivity contribution is 6.12. The Bertz CT molecular complexity index is 5860. The Hall–Kier alpha value is -14.1. The highest BCUT2D eigenvalue weighted by Gasteiger charge is 2.42. The van der Waals surface area contributed by atoms with Gasteiger partial charge in [-0.1, -0.05) is 237 Å². The molecule has 12 aromatic carbocycles. The van der Waals surface area contributed by atoms with Crippen LogP contribution in [0.1, 0.15) is 19.3 Å². The van der Waals surface area contributed by atoms with Crippen LogP contribution in [0.2, 0.25) is 0 Å². The van der Waals surface area contributed by atoms with Gasteiger partial charge in [0.25, 0.3) is 0 Å². The van der Waals surface area contributed by atoms with Gasteiger partial charge in [0.2, 0.25) is 0 Å².